The first-order valence-electron chi connectivity index (χ1n) is 9.29. The van der Waals surface area contributed by atoms with Crippen LogP contribution in [0.15, 0.2) is 36.4 Å². The number of carbonyl (C=O) groups excluding carboxylic acids is 1. The van der Waals surface area contributed by atoms with E-state index in [0.29, 0.717) is 18.5 Å². The van der Waals surface area contributed by atoms with Crippen LogP contribution in [0.5, 0.6) is 0 Å². The van der Waals surface area contributed by atoms with E-state index in [4.69, 9.17) is 0 Å². The fourth-order valence-electron chi connectivity index (χ4n) is 3.44. The summed E-state index contributed by atoms with van der Waals surface area (Å²) in [6.45, 7) is 2.21. The molecular weight excluding hydrogens is 424 g/mol. The first kappa shape index (κ1) is 22.1. The Labute approximate surface area is 171 Å². The molecule has 0 aliphatic carbocycles. The quantitative estimate of drug-likeness (QED) is 0.669. The molecule has 5 nitrogen and oxygen atoms in total. The van der Waals surface area contributed by atoms with Crippen LogP contribution in [-0.4, -0.2) is 20.9 Å². The minimum absolute atomic E-state index is 0.0379. The van der Waals surface area contributed by atoms with E-state index in [0.717, 1.165) is 24.3 Å². The van der Waals surface area contributed by atoms with Gasteiger partial charge in [-0.25, -0.2) is 12.8 Å². The molecule has 30 heavy (non-hydrogen) atoms. The maximum absolute atomic E-state index is 14.7. The number of fused-ring (bicyclic) bond motifs is 1. The molecule has 162 valence electrons. The van der Waals surface area contributed by atoms with Gasteiger partial charge in [0, 0.05) is 19.0 Å². The van der Waals surface area contributed by atoms with Crippen molar-refractivity contribution in [3.8, 4) is 0 Å². The van der Waals surface area contributed by atoms with Gasteiger partial charge >= 0.3 is 6.18 Å². The lowest BCUT2D eigenvalue weighted by atomic mass is 10.00. The van der Waals surface area contributed by atoms with Gasteiger partial charge in [0.2, 0.25) is 15.9 Å². The fraction of sp³-hybridized carbons (Fsp3) is 0.350. The molecule has 0 atom stereocenters. The molecule has 0 saturated carbocycles. The third-order valence-corrected chi connectivity index (χ3v) is 5.91. The SMILES string of the molecule is CCCN1C(=O)CCc2cc(NS(=O)(=O)Cc3cccc(C(F)(F)F)c3)cc(F)c21. The highest BCUT2D eigenvalue weighted by molar-refractivity contribution is 7.91. The zero-order valence-electron chi connectivity index (χ0n) is 16.1. The number of nitrogens with one attached hydrogen (secondary N) is 1. The molecule has 0 fully saturated rings. The second-order valence-electron chi connectivity index (χ2n) is 7.07. The number of rotatable bonds is 6. The molecule has 2 aromatic rings. The monoisotopic (exact) mass is 444 g/mol. The third-order valence-electron chi connectivity index (χ3n) is 4.65. The predicted octanol–water partition coefficient (Wildman–Crippen LogP) is 4.48. The normalized spacial score (nSPS) is 14.6. The summed E-state index contributed by atoms with van der Waals surface area (Å²) in [5, 5.41) is 0. The Balaban J connectivity index is 1.84. The van der Waals surface area contributed by atoms with E-state index in [1.807, 2.05) is 6.92 Å². The van der Waals surface area contributed by atoms with Crippen LogP contribution in [0.2, 0.25) is 0 Å². The minimum Gasteiger partial charge on any atom is -0.309 e. The molecule has 1 aliphatic rings. The zero-order chi connectivity index (χ0) is 22.1. The average Bonchev–Trinajstić information content (AvgIpc) is 2.63. The predicted molar refractivity (Wildman–Crippen MR) is 105 cm³/mol. The number of hydrogen-bond acceptors (Lipinski definition) is 3. The number of carbonyl (C=O) groups is 1. The van der Waals surface area contributed by atoms with Crippen LogP contribution >= 0.6 is 0 Å². The number of anilines is 2. The summed E-state index contributed by atoms with van der Waals surface area (Å²) < 4.78 is 80.3. The van der Waals surface area contributed by atoms with Gasteiger partial charge in [-0.1, -0.05) is 25.1 Å². The summed E-state index contributed by atoms with van der Waals surface area (Å²) in [6.07, 6.45) is -3.49. The molecule has 2 aromatic carbocycles. The van der Waals surface area contributed by atoms with Crippen molar-refractivity contribution in [1.29, 1.82) is 0 Å². The Kier molecular flexibility index (Phi) is 6.07. The van der Waals surface area contributed by atoms with Crippen molar-refractivity contribution < 1.29 is 30.8 Å². The van der Waals surface area contributed by atoms with Crippen LogP contribution in [-0.2, 0) is 33.2 Å². The van der Waals surface area contributed by atoms with E-state index in [9.17, 15) is 30.8 Å². The number of nitrogens with zero attached hydrogens (tertiary/aromatic N) is 1. The molecule has 0 saturated heterocycles. The van der Waals surface area contributed by atoms with Gasteiger partial charge in [-0.3, -0.25) is 9.52 Å². The maximum Gasteiger partial charge on any atom is 0.416 e. The van der Waals surface area contributed by atoms with Crippen molar-refractivity contribution in [3.05, 3.63) is 58.9 Å². The number of sulfonamides is 1. The van der Waals surface area contributed by atoms with Crippen molar-refractivity contribution in [3.63, 3.8) is 0 Å². The van der Waals surface area contributed by atoms with E-state index >= 15 is 0 Å². The highest BCUT2D eigenvalue weighted by atomic mass is 32.2. The molecule has 0 bridgehead atoms. The standard InChI is InChI=1S/C20H20F4N2O3S/c1-2-8-26-18(27)7-6-14-10-16(11-17(21)19(14)26)25-30(28,29)12-13-4-3-5-15(9-13)20(22,23)24/h3-5,9-11,25H,2,6-8,12H2,1H3. The van der Waals surface area contributed by atoms with E-state index in [2.05, 4.69) is 4.72 Å². The molecule has 1 aliphatic heterocycles. The topological polar surface area (TPSA) is 66.5 Å². The molecule has 0 unspecified atom stereocenters. The van der Waals surface area contributed by atoms with E-state index in [-0.39, 0.29) is 35.7 Å². The Morgan fingerprint density at radius 1 is 1.13 bits per heavy atom. The second kappa shape index (κ2) is 8.25. The number of alkyl halides is 3. The van der Waals surface area contributed by atoms with Gasteiger partial charge in [-0.2, -0.15) is 13.2 Å². The number of aryl methyl sites for hydroxylation is 1. The summed E-state index contributed by atoms with van der Waals surface area (Å²) in [6, 6.07) is 6.45. The van der Waals surface area contributed by atoms with Crippen LogP contribution in [0.3, 0.4) is 0 Å². The zero-order valence-corrected chi connectivity index (χ0v) is 16.9. The van der Waals surface area contributed by atoms with Gasteiger partial charge in [-0.15, -0.1) is 0 Å². The first-order chi connectivity index (χ1) is 14.0. The average molecular weight is 444 g/mol. The molecule has 0 aromatic heterocycles. The summed E-state index contributed by atoms with van der Waals surface area (Å²) in [7, 11) is -4.09. The summed E-state index contributed by atoms with van der Waals surface area (Å²) in [5.74, 6) is -1.62. The van der Waals surface area contributed by atoms with Crippen LogP contribution in [0.25, 0.3) is 0 Å². The molecule has 0 spiro atoms. The maximum atomic E-state index is 14.7. The highest BCUT2D eigenvalue weighted by Gasteiger charge is 2.31. The van der Waals surface area contributed by atoms with E-state index in [1.54, 1.807) is 0 Å². The van der Waals surface area contributed by atoms with Crippen LogP contribution < -0.4 is 9.62 Å². The van der Waals surface area contributed by atoms with Gasteiger partial charge in [0.05, 0.1) is 22.7 Å². The lowest BCUT2D eigenvalue weighted by Crippen LogP contribution is -2.36. The third kappa shape index (κ3) is 4.92. The smallest absolute Gasteiger partial charge is 0.309 e. The Bertz CT molecular complexity index is 1070. The minimum atomic E-state index is -4.59. The van der Waals surface area contributed by atoms with Gasteiger partial charge in [-0.05, 0) is 36.1 Å². The van der Waals surface area contributed by atoms with Gasteiger partial charge < -0.3 is 4.90 Å². The molecule has 3 rings (SSSR count). The van der Waals surface area contributed by atoms with Crippen LogP contribution in [0.4, 0.5) is 28.9 Å². The summed E-state index contributed by atoms with van der Waals surface area (Å²) in [4.78, 5) is 13.4. The largest absolute Gasteiger partial charge is 0.416 e. The summed E-state index contributed by atoms with van der Waals surface area (Å²) in [5.41, 5.74) is -0.385. The Morgan fingerprint density at radius 2 is 1.87 bits per heavy atom. The van der Waals surface area contributed by atoms with E-state index in [1.165, 1.54) is 17.0 Å². The van der Waals surface area contributed by atoms with Gasteiger partial charge in [0.15, 0.2) is 0 Å². The Hall–Kier alpha value is -2.62. The van der Waals surface area contributed by atoms with Crippen molar-refractivity contribution in [2.75, 3.05) is 16.2 Å². The van der Waals surface area contributed by atoms with Crippen LogP contribution in [0, 0.1) is 5.82 Å². The fourth-order valence-corrected chi connectivity index (χ4v) is 4.61. The number of hydrogen-bond donors (Lipinski definition) is 1. The molecule has 10 heteroatoms. The molecule has 1 amide bonds. The molecule has 0 radical (unpaired) electrons. The number of halogens is 4. The lowest BCUT2D eigenvalue weighted by Gasteiger charge is -2.30. The number of amides is 1. The van der Waals surface area contributed by atoms with E-state index < -0.39 is 33.3 Å². The summed E-state index contributed by atoms with van der Waals surface area (Å²) >= 11 is 0. The lowest BCUT2D eigenvalue weighted by molar-refractivity contribution is -0.137. The molecule has 1 N–H and O–H groups in total. The van der Waals surface area contributed by atoms with Gasteiger partial charge in [0.1, 0.15) is 5.82 Å². The highest BCUT2D eigenvalue weighted by Crippen LogP contribution is 2.34. The second-order valence-corrected chi connectivity index (χ2v) is 8.79. The first-order valence-corrected chi connectivity index (χ1v) is 10.9. The number of benzene rings is 2. The van der Waals surface area contributed by atoms with Crippen LogP contribution in [0.1, 0.15) is 36.5 Å². The van der Waals surface area contributed by atoms with Crippen molar-refractivity contribution in [2.24, 2.45) is 0 Å². The Morgan fingerprint density at radius 3 is 2.53 bits per heavy atom. The molecular formula is C20H20F4N2O3S. The van der Waals surface area contributed by atoms with Gasteiger partial charge in [0.25, 0.3) is 0 Å². The van der Waals surface area contributed by atoms with Crippen molar-refractivity contribution >= 4 is 27.3 Å². The van der Waals surface area contributed by atoms with Crippen molar-refractivity contribution in [2.45, 2.75) is 38.1 Å². The van der Waals surface area contributed by atoms with Crippen molar-refractivity contribution in [1.82, 2.24) is 0 Å². The molecule has 1 heterocycles.